The number of fused-ring (bicyclic) bond motifs is 1. The second kappa shape index (κ2) is 6.50. The van der Waals surface area contributed by atoms with Gasteiger partial charge in [-0.3, -0.25) is 4.79 Å². The summed E-state index contributed by atoms with van der Waals surface area (Å²) in [5.74, 6) is -0.115. The van der Waals surface area contributed by atoms with E-state index in [1.54, 1.807) is 17.2 Å². The summed E-state index contributed by atoms with van der Waals surface area (Å²) in [7, 11) is 0. The van der Waals surface area contributed by atoms with Crippen molar-refractivity contribution in [2.24, 2.45) is 0 Å². The molecule has 1 aromatic carbocycles. The summed E-state index contributed by atoms with van der Waals surface area (Å²) in [5, 5.41) is 5.48. The molecule has 0 bridgehead atoms. The van der Waals surface area contributed by atoms with Gasteiger partial charge in [0.15, 0.2) is 11.3 Å². The monoisotopic (exact) mass is 372 g/mol. The van der Waals surface area contributed by atoms with E-state index in [-0.39, 0.29) is 5.91 Å². The van der Waals surface area contributed by atoms with Gasteiger partial charge in [0.1, 0.15) is 0 Å². The Hall–Kier alpha value is -2.37. The predicted octanol–water partition coefficient (Wildman–Crippen LogP) is 3.97. The number of aromatic nitrogens is 3. The van der Waals surface area contributed by atoms with Crippen LogP contribution in [0.2, 0.25) is 10.0 Å². The maximum atomic E-state index is 12.7. The van der Waals surface area contributed by atoms with Crippen molar-refractivity contribution in [1.82, 2.24) is 19.5 Å². The lowest BCUT2D eigenvalue weighted by molar-refractivity contribution is 0.0766. The van der Waals surface area contributed by atoms with Crippen LogP contribution in [-0.4, -0.2) is 38.5 Å². The summed E-state index contributed by atoms with van der Waals surface area (Å²) < 4.78 is 1.52. The largest absolute Gasteiger partial charge is 0.333 e. The van der Waals surface area contributed by atoms with E-state index < -0.39 is 0 Å². The third kappa shape index (κ3) is 3.13. The molecule has 0 radical (unpaired) electrons. The molecule has 126 valence electrons. The normalized spacial score (nSPS) is 14.6. The van der Waals surface area contributed by atoms with Gasteiger partial charge in [0.05, 0.1) is 11.2 Å². The lowest BCUT2D eigenvalue weighted by atomic mass is 9.99. The zero-order chi connectivity index (χ0) is 17.4. The van der Waals surface area contributed by atoms with Gasteiger partial charge in [-0.05, 0) is 23.6 Å². The second-order valence-corrected chi connectivity index (χ2v) is 6.66. The van der Waals surface area contributed by atoms with Gasteiger partial charge in [0.2, 0.25) is 0 Å². The number of hydrogen-bond donors (Lipinski definition) is 0. The summed E-state index contributed by atoms with van der Waals surface area (Å²) in [6.45, 7) is 1.15. The summed E-state index contributed by atoms with van der Waals surface area (Å²) in [4.78, 5) is 18.6. The Kier molecular flexibility index (Phi) is 4.19. The van der Waals surface area contributed by atoms with E-state index in [1.807, 2.05) is 30.3 Å². The average Bonchev–Trinajstić information content (AvgIpc) is 3.05. The molecule has 7 heteroatoms. The van der Waals surface area contributed by atoms with Gasteiger partial charge >= 0.3 is 0 Å². The predicted molar refractivity (Wildman–Crippen MR) is 97.9 cm³/mol. The second-order valence-electron chi connectivity index (χ2n) is 5.81. The van der Waals surface area contributed by atoms with Crippen LogP contribution in [-0.2, 0) is 0 Å². The number of benzene rings is 1. The fourth-order valence-electron chi connectivity index (χ4n) is 2.94. The zero-order valence-corrected chi connectivity index (χ0v) is 14.7. The highest BCUT2D eigenvalue weighted by atomic mass is 35.5. The van der Waals surface area contributed by atoms with Crippen LogP contribution in [0.25, 0.3) is 11.2 Å². The van der Waals surface area contributed by atoms with E-state index in [1.165, 1.54) is 10.7 Å². The van der Waals surface area contributed by atoms with Crippen LogP contribution < -0.4 is 0 Å². The van der Waals surface area contributed by atoms with Crippen LogP contribution in [0.1, 0.15) is 22.5 Å². The molecule has 4 rings (SSSR count). The molecule has 2 aromatic heterocycles. The van der Waals surface area contributed by atoms with Crippen molar-refractivity contribution < 1.29 is 4.79 Å². The Morgan fingerprint density at radius 3 is 2.80 bits per heavy atom. The van der Waals surface area contributed by atoms with Crippen LogP contribution in [0, 0.1) is 0 Å². The topological polar surface area (TPSA) is 50.5 Å². The number of halogens is 2. The van der Waals surface area contributed by atoms with Gasteiger partial charge in [-0.25, -0.2) is 9.50 Å². The van der Waals surface area contributed by atoms with Crippen molar-refractivity contribution in [3.63, 3.8) is 0 Å². The van der Waals surface area contributed by atoms with E-state index in [9.17, 15) is 4.79 Å². The number of carbonyl (C=O) groups excluding carboxylic acids is 1. The van der Waals surface area contributed by atoms with Crippen LogP contribution in [0.4, 0.5) is 0 Å². The molecular weight excluding hydrogens is 359 g/mol. The van der Waals surface area contributed by atoms with E-state index in [2.05, 4.69) is 10.1 Å². The molecule has 3 heterocycles. The summed E-state index contributed by atoms with van der Waals surface area (Å²) >= 11 is 12.2. The fourth-order valence-corrected chi connectivity index (χ4v) is 3.34. The molecule has 1 aliphatic rings. The first-order chi connectivity index (χ1) is 12.1. The lowest BCUT2D eigenvalue weighted by Crippen LogP contribution is -2.35. The molecule has 0 aliphatic carbocycles. The van der Waals surface area contributed by atoms with Crippen LogP contribution in [0.5, 0.6) is 0 Å². The Balaban J connectivity index is 1.55. The highest BCUT2D eigenvalue weighted by molar-refractivity contribution is 6.32. The number of amides is 1. The Bertz CT molecular complexity index is 996. The molecule has 0 saturated heterocycles. The van der Waals surface area contributed by atoms with Crippen molar-refractivity contribution in [3.05, 3.63) is 70.1 Å². The molecule has 3 aromatic rings. The summed E-state index contributed by atoms with van der Waals surface area (Å²) in [6, 6.07) is 9.43. The molecular formula is C18H14Cl2N4O. The van der Waals surface area contributed by atoms with E-state index in [0.29, 0.717) is 29.5 Å². The average molecular weight is 373 g/mol. The molecule has 0 atom stereocenters. The third-order valence-corrected chi connectivity index (χ3v) is 4.74. The summed E-state index contributed by atoms with van der Waals surface area (Å²) in [6.07, 6.45) is 5.97. The van der Waals surface area contributed by atoms with Gasteiger partial charge in [0.25, 0.3) is 5.91 Å². The Morgan fingerprint density at radius 2 is 2.04 bits per heavy atom. The summed E-state index contributed by atoms with van der Waals surface area (Å²) in [5.41, 5.74) is 3.15. The number of hydrogen-bond acceptors (Lipinski definition) is 3. The molecule has 1 amide bonds. The zero-order valence-electron chi connectivity index (χ0n) is 13.2. The Morgan fingerprint density at radius 1 is 1.20 bits per heavy atom. The van der Waals surface area contributed by atoms with Crippen molar-refractivity contribution in [1.29, 1.82) is 0 Å². The maximum Gasteiger partial charge on any atom is 0.274 e. The lowest BCUT2D eigenvalue weighted by Gasteiger charge is -2.26. The van der Waals surface area contributed by atoms with Crippen molar-refractivity contribution in [3.8, 4) is 0 Å². The van der Waals surface area contributed by atoms with Gasteiger partial charge in [-0.1, -0.05) is 47.5 Å². The smallest absolute Gasteiger partial charge is 0.274 e. The maximum absolute atomic E-state index is 12.7. The molecule has 0 N–H and O–H groups in total. The third-order valence-electron chi connectivity index (χ3n) is 4.22. The standard InChI is InChI=1S/C18H14Cl2N4O/c19-13-10-21-17-9-16(22-24(17)11-13)18(25)23-7-5-12(6-8-23)14-3-1-2-4-15(14)20/h1-5,9-11H,6-8H2. The molecule has 0 fully saturated rings. The number of carbonyl (C=O) groups is 1. The van der Waals surface area contributed by atoms with Gasteiger partial charge in [-0.2, -0.15) is 5.10 Å². The fraction of sp³-hybridized carbons (Fsp3) is 0.167. The first kappa shape index (κ1) is 16.1. The molecule has 25 heavy (non-hydrogen) atoms. The minimum atomic E-state index is -0.115. The SMILES string of the molecule is O=C(c1cc2ncc(Cl)cn2n1)N1CC=C(c2ccccc2Cl)CC1. The molecule has 5 nitrogen and oxygen atoms in total. The quantitative estimate of drug-likeness (QED) is 0.683. The first-order valence-corrected chi connectivity index (χ1v) is 8.61. The van der Waals surface area contributed by atoms with Crippen LogP contribution in [0.15, 0.2) is 48.8 Å². The molecule has 0 unspecified atom stereocenters. The van der Waals surface area contributed by atoms with Crippen molar-refractivity contribution in [2.75, 3.05) is 13.1 Å². The van der Waals surface area contributed by atoms with E-state index in [4.69, 9.17) is 23.2 Å². The van der Waals surface area contributed by atoms with E-state index >= 15 is 0 Å². The first-order valence-electron chi connectivity index (χ1n) is 7.86. The number of nitrogens with zero attached hydrogens (tertiary/aromatic N) is 4. The number of rotatable bonds is 2. The van der Waals surface area contributed by atoms with Crippen LogP contribution in [0.3, 0.4) is 0 Å². The highest BCUT2D eigenvalue weighted by Crippen LogP contribution is 2.28. The van der Waals surface area contributed by atoms with Crippen molar-refractivity contribution >= 4 is 40.3 Å². The van der Waals surface area contributed by atoms with Gasteiger partial charge in [0, 0.05) is 30.4 Å². The minimum Gasteiger partial charge on any atom is -0.333 e. The molecule has 0 saturated carbocycles. The molecule has 1 aliphatic heterocycles. The van der Waals surface area contributed by atoms with Gasteiger partial charge < -0.3 is 4.90 Å². The highest BCUT2D eigenvalue weighted by Gasteiger charge is 2.22. The van der Waals surface area contributed by atoms with E-state index in [0.717, 1.165) is 22.6 Å². The van der Waals surface area contributed by atoms with Crippen LogP contribution >= 0.6 is 23.2 Å². The van der Waals surface area contributed by atoms with Gasteiger partial charge in [-0.15, -0.1) is 0 Å². The minimum absolute atomic E-state index is 0.115. The Labute approximate surface area is 154 Å². The molecule has 0 spiro atoms. The van der Waals surface area contributed by atoms with Crippen molar-refractivity contribution in [2.45, 2.75) is 6.42 Å².